The van der Waals surface area contributed by atoms with Crippen LogP contribution in [0, 0.1) is 18.6 Å². The molecule has 15 heteroatoms. The molecule has 2 aliphatic heterocycles. The van der Waals surface area contributed by atoms with Crippen LogP contribution in [-0.2, 0) is 24.4 Å². The van der Waals surface area contributed by atoms with Crippen molar-refractivity contribution in [3.63, 3.8) is 0 Å². The van der Waals surface area contributed by atoms with Crippen molar-refractivity contribution >= 4 is 33.9 Å². The van der Waals surface area contributed by atoms with Crippen molar-refractivity contribution in [3.05, 3.63) is 94.3 Å². The third kappa shape index (κ3) is 5.93. The number of fused-ring (bicyclic) bond motifs is 4. The van der Waals surface area contributed by atoms with Crippen LogP contribution in [0.1, 0.15) is 45.8 Å². The smallest absolute Gasteiger partial charge is 0.417 e. The van der Waals surface area contributed by atoms with Crippen LogP contribution in [-0.4, -0.2) is 68.0 Å². The number of benzene rings is 2. The highest BCUT2D eigenvalue weighted by atomic mass is 19.4. The lowest BCUT2D eigenvalue weighted by molar-refractivity contribution is -0.137. The van der Waals surface area contributed by atoms with Crippen molar-refractivity contribution in [1.82, 2.24) is 18.9 Å². The Kier molecular flexibility index (Phi) is 8.66. The normalized spacial score (nSPS) is 16.6. The van der Waals surface area contributed by atoms with Gasteiger partial charge < -0.3 is 24.1 Å². The van der Waals surface area contributed by atoms with Gasteiger partial charge in [0.2, 0.25) is 5.78 Å². The Labute approximate surface area is 286 Å². The zero-order valence-corrected chi connectivity index (χ0v) is 27.4. The monoisotopic (exact) mass is 711 g/mol. The number of nitrogens with one attached hydrogen (secondary N) is 1. The molecule has 1 atom stereocenters. The highest BCUT2D eigenvalue weighted by molar-refractivity contribution is 6.10. The lowest BCUT2D eigenvalue weighted by atomic mass is 9.94. The molecule has 0 spiro atoms. The highest BCUT2D eigenvalue weighted by Crippen LogP contribution is 2.48. The van der Waals surface area contributed by atoms with Gasteiger partial charge >= 0.3 is 6.18 Å². The number of hydrogen-bond donors (Lipinski definition) is 2. The lowest BCUT2D eigenvalue weighted by Gasteiger charge is -2.22. The average molecular weight is 712 g/mol. The number of anilines is 1. The van der Waals surface area contributed by atoms with Gasteiger partial charge in [-0.1, -0.05) is 6.07 Å². The van der Waals surface area contributed by atoms with E-state index in [1.165, 1.54) is 28.8 Å². The summed E-state index contributed by atoms with van der Waals surface area (Å²) in [5.74, 6) is -5.78. The van der Waals surface area contributed by atoms with Gasteiger partial charge in [0.25, 0.3) is 5.91 Å². The summed E-state index contributed by atoms with van der Waals surface area (Å²) < 4.78 is 98.1. The van der Waals surface area contributed by atoms with E-state index in [0.717, 1.165) is 25.0 Å². The van der Waals surface area contributed by atoms with E-state index in [-0.39, 0.29) is 71.3 Å². The summed E-state index contributed by atoms with van der Waals surface area (Å²) in [7, 11) is 1.61. The van der Waals surface area contributed by atoms with Crippen molar-refractivity contribution in [2.75, 3.05) is 31.6 Å². The first kappa shape index (κ1) is 34.3. The fourth-order valence-electron chi connectivity index (χ4n) is 6.99. The van der Waals surface area contributed by atoms with Gasteiger partial charge in [0.1, 0.15) is 28.7 Å². The largest absolute Gasteiger partial charge is 0.490 e. The molecule has 2 aliphatic rings. The van der Waals surface area contributed by atoms with E-state index in [4.69, 9.17) is 4.74 Å². The van der Waals surface area contributed by atoms with E-state index in [1.54, 1.807) is 23.4 Å². The molecule has 1 fully saturated rings. The number of carbonyl (C=O) groups is 2. The molecule has 0 unspecified atom stereocenters. The zero-order chi connectivity index (χ0) is 36.4. The summed E-state index contributed by atoms with van der Waals surface area (Å²) >= 11 is 0. The van der Waals surface area contributed by atoms with Gasteiger partial charge in [-0.3, -0.25) is 14.5 Å². The lowest BCUT2D eigenvalue weighted by Crippen LogP contribution is -2.32. The molecule has 0 radical (unpaired) electrons. The number of likely N-dealkylation sites (tertiary alicyclic amines) is 1. The second-order valence-electron chi connectivity index (χ2n) is 12.6. The van der Waals surface area contributed by atoms with Crippen molar-refractivity contribution in [2.24, 2.45) is 7.05 Å². The van der Waals surface area contributed by atoms with Crippen LogP contribution in [0.25, 0.3) is 27.7 Å². The molecule has 9 nitrogen and oxygen atoms in total. The minimum Gasteiger partial charge on any atom is -0.490 e. The molecular formula is C36H31F6N5O4. The summed E-state index contributed by atoms with van der Waals surface area (Å²) in [5.41, 5.74) is -1.33. The molecule has 51 heavy (non-hydrogen) atoms. The third-order valence-corrected chi connectivity index (χ3v) is 9.62. The summed E-state index contributed by atoms with van der Waals surface area (Å²) in [6, 6.07) is 6.62. The number of rotatable bonds is 7. The maximum atomic E-state index is 15.3. The van der Waals surface area contributed by atoms with E-state index in [0.29, 0.717) is 30.1 Å². The van der Waals surface area contributed by atoms with Gasteiger partial charge in [-0.2, -0.15) is 13.2 Å². The van der Waals surface area contributed by atoms with E-state index in [2.05, 4.69) is 4.98 Å². The SMILES string of the molecule is Cc1nc2c3c(c(C(F)(F)F)cc2n1C)-c1cccn2c(C(=O)c4cc(F)c(NC(=O)/C(F)=C/CN5CCC[C@H]5CO)c(F)c4)cc(c12)CCO3. The Bertz CT molecular complexity index is 2250. The number of imidazole rings is 1. The Morgan fingerprint density at radius 1 is 1.16 bits per heavy atom. The predicted octanol–water partition coefficient (Wildman–Crippen LogP) is 6.51. The molecule has 2 N–H and O–H groups in total. The zero-order valence-electron chi connectivity index (χ0n) is 27.4. The standard InChI is InChI=1S/C36H31F6N5O4/c1-18-43-31-27(45(18)2)16-23(36(40,41)42)29-22-6-4-10-47-28(15-19(32(22)47)8-12-51-34(29)31)33(49)20-13-25(38)30(26(39)14-20)44-35(50)24(37)7-11-46-9-3-5-21(46)17-48/h4,6-7,10,13-16,21,48H,3,5,8-9,11-12,17H2,1-2H3,(H,44,50)/b24-7-/t21-/m0/s1. The second-order valence-corrected chi connectivity index (χ2v) is 12.6. The van der Waals surface area contributed by atoms with Crippen molar-refractivity contribution in [3.8, 4) is 16.9 Å². The first-order valence-corrected chi connectivity index (χ1v) is 16.2. The van der Waals surface area contributed by atoms with E-state index in [1.807, 2.05) is 5.32 Å². The molecule has 266 valence electrons. The van der Waals surface area contributed by atoms with Gasteiger partial charge in [0.05, 0.1) is 35.5 Å². The molecular weight excluding hydrogens is 680 g/mol. The van der Waals surface area contributed by atoms with Gasteiger partial charge in [-0.05, 0) is 68.3 Å². The van der Waals surface area contributed by atoms with Crippen LogP contribution >= 0.6 is 0 Å². The summed E-state index contributed by atoms with van der Waals surface area (Å²) in [5, 5.41) is 11.3. The topological polar surface area (TPSA) is 101 Å². The number of halogens is 6. The van der Waals surface area contributed by atoms with Gasteiger partial charge in [0, 0.05) is 48.9 Å². The maximum Gasteiger partial charge on any atom is 0.417 e. The number of amides is 1. The number of aliphatic hydroxyl groups is 1. The fourth-order valence-corrected chi connectivity index (χ4v) is 6.99. The van der Waals surface area contributed by atoms with Crippen LogP contribution in [0.3, 0.4) is 0 Å². The maximum absolute atomic E-state index is 15.3. The molecule has 0 bridgehead atoms. The number of pyridine rings is 1. The molecule has 0 saturated carbocycles. The van der Waals surface area contributed by atoms with E-state index < -0.39 is 52.1 Å². The number of hydrogen-bond acceptors (Lipinski definition) is 6. The number of aromatic nitrogens is 3. The number of alkyl halides is 3. The van der Waals surface area contributed by atoms with Crippen LogP contribution in [0.2, 0.25) is 0 Å². The Balaban J connectivity index is 1.25. The molecule has 1 saturated heterocycles. The first-order valence-electron chi connectivity index (χ1n) is 16.2. The van der Waals surface area contributed by atoms with Crippen molar-refractivity contribution in [1.29, 1.82) is 0 Å². The summed E-state index contributed by atoms with van der Waals surface area (Å²) in [4.78, 5) is 32.5. The summed E-state index contributed by atoms with van der Waals surface area (Å²) in [6.45, 7) is 2.10. The van der Waals surface area contributed by atoms with Gasteiger partial charge in [-0.15, -0.1) is 0 Å². The minimum absolute atomic E-state index is 0.0141. The Hall–Kier alpha value is -5.15. The Morgan fingerprint density at radius 3 is 2.61 bits per heavy atom. The van der Waals surface area contributed by atoms with Crippen molar-refractivity contribution in [2.45, 2.75) is 38.4 Å². The second kappa shape index (κ2) is 12.9. The van der Waals surface area contributed by atoms with Crippen molar-refractivity contribution < 1.29 is 45.8 Å². The number of aliphatic hydroxyl groups excluding tert-OH is 1. The van der Waals surface area contributed by atoms with E-state index in [9.17, 15) is 32.3 Å². The quantitative estimate of drug-likeness (QED) is 0.113. The molecule has 5 aromatic rings. The average Bonchev–Trinajstić information content (AvgIpc) is 3.78. The van der Waals surface area contributed by atoms with Crippen LogP contribution < -0.4 is 10.1 Å². The molecule has 0 aliphatic carbocycles. The third-order valence-electron chi connectivity index (χ3n) is 9.62. The fraction of sp³-hybridized carbons (Fsp3) is 0.306. The molecule has 7 rings (SSSR count). The van der Waals surface area contributed by atoms with Gasteiger partial charge in [0.15, 0.2) is 11.6 Å². The number of nitrogens with zero attached hydrogens (tertiary/aromatic N) is 4. The van der Waals surface area contributed by atoms with Crippen LogP contribution in [0.15, 0.2) is 54.5 Å². The number of carbonyl (C=O) groups excluding carboxylic acids is 2. The Morgan fingerprint density at radius 2 is 1.90 bits per heavy atom. The molecule has 3 aromatic heterocycles. The van der Waals surface area contributed by atoms with E-state index >= 15 is 8.78 Å². The predicted molar refractivity (Wildman–Crippen MR) is 175 cm³/mol. The number of ether oxygens (including phenoxy) is 1. The number of aryl methyl sites for hydroxylation is 2. The van der Waals surface area contributed by atoms with Gasteiger partial charge in [-0.25, -0.2) is 18.2 Å². The van der Waals surface area contributed by atoms with Crippen LogP contribution in [0.5, 0.6) is 5.75 Å². The molecule has 1 amide bonds. The molecule has 2 aromatic carbocycles. The minimum atomic E-state index is -4.79. The molecule has 5 heterocycles. The number of ketones is 1. The van der Waals surface area contributed by atoms with Crippen LogP contribution in [0.4, 0.5) is 32.0 Å². The highest BCUT2D eigenvalue weighted by Gasteiger charge is 2.39. The first-order chi connectivity index (χ1) is 24.3. The summed E-state index contributed by atoms with van der Waals surface area (Å²) in [6.07, 6.45) is -0.668.